The van der Waals surface area contributed by atoms with Crippen LogP contribution < -0.4 is 35.4 Å². The summed E-state index contributed by atoms with van der Waals surface area (Å²) < 4.78 is 0. The summed E-state index contributed by atoms with van der Waals surface area (Å²) in [5.41, 5.74) is 10.2. The number of rotatable bonds is 13. The van der Waals surface area contributed by atoms with E-state index in [-0.39, 0.29) is 0 Å². The van der Waals surface area contributed by atoms with Crippen LogP contribution in [-0.4, -0.2) is 8.07 Å². The lowest BCUT2D eigenvalue weighted by molar-refractivity contribution is 1.25. The Morgan fingerprint density at radius 3 is 0.682 bits per heavy atom. The average molecular weight is 863 g/mol. The number of hydrogen-bond donors (Lipinski definition) is 0. The van der Waals surface area contributed by atoms with E-state index in [9.17, 15) is 5.26 Å². The number of benzene rings is 10. The Bertz CT molecular complexity index is 2900. The van der Waals surface area contributed by atoms with Crippen LogP contribution in [0.15, 0.2) is 279 Å². The van der Waals surface area contributed by atoms with E-state index in [1.165, 1.54) is 20.7 Å². The normalized spacial score (nSPS) is 11.0. The van der Waals surface area contributed by atoms with E-state index in [1.807, 2.05) is 12.1 Å². The van der Waals surface area contributed by atoms with Crippen LogP contribution in [0.2, 0.25) is 0 Å². The highest BCUT2D eigenvalue weighted by atomic mass is 28.3. The second-order valence-corrected chi connectivity index (χ2v) is 19.9. The number of nitrogens with zero attached hydrogens (tertiary/aromatic N) is 4. The summed E-state index contributed by atoms with van der Waals surface area (Å²) in [5, 5.41) is 14.8. The van der Waals surface area contributed by atoms with Crippen LogP contribution >= 0.6 is 0 Å². The topological polar surface area (TPSA) is 33.5 Å². The van der Waals surface area contributed by atoms with Gasteiger partial charge in [-0.05, 0) is 142 Å². The lowest BCUT2D eigenvalue weighted by atomic mass is 10.1. The minimum Gasteiger partial charge on any atom is -0.311 e. The Balaban J connectivity index is 1.11. The van der Waals surface area contributed by atoms with E-state index in [0.29, 0.717) is 5.56 Å². The third kappa shape index (κ3) is 8.17. The van der Waals surface area contributed by atoms with E-state index < -0.39 is 8.07 Å². The molecule has 0 bridgehead atoms. The monoisotopic (exact) mass is 862 g/mol. The van der Waals surface area contributed by atoms with Gasteiger partial charge >= 0.3 is 0 Å². The summed E-state index contributed by atoms with van der Waals surface area (Å²) in [6, 6.07) is 101. The van der Waals surface area contributed by atoms with Crippen molar-refractivity contribution in [3.05, 3.63) is 285 Å². The van der Waals surface area contributed by atoms with Crippen molar-refractivity contribution in [2.24, 2.45) is 0 Å². The van der Waals surface area contributed by atoms with Crippen LogP contribution in [0.1, 0.15) is 5.56 Å². The van der Waals surface area contributed by atoms with E-state index in [4.69, 9.17) is 0 Å². The van der Waals surface area contributed by atoms with Gasteiger partial charge in [-0.2, -0.15) is 5.26 Å². The number of hydrogen-bond acceptors (Lipinski definition) is 4. The highest BCUT2D eigenvalue weighted by Gasteiger charge is 2.41. The Morgan fingerprint density at radius 2 is 0.424 bits per heavy atom. The molecule has 0 saturated carbocycles. The quantitative estimate of drug-likeness (QED) is 0.0854. The summed E-state index contributed by atoms with van der Waals surface area (Å²) >= 11 is 0. The van der Waals surface area contributed by atoms with Crippen LogP contribution in [0.3, 0.4) is 0 Å². The van der Waals surface area contributed by atoms with E-state index in [0.717, 1.165) is 51.2 Å². The van der Waals surface area contributed by atoms with Crippen molar-refractivity contribution in [3.63, 3.8) is 0 Å². The fourth-order valence-corrected chi connectivity index (χ4v) is 13.9. The maximum atomic E-state index is 9.80. The predicted molar refractivity (Wildman–Crippen MR) is 279 cm³/mol. The number of para-hydroxylation sites is 4. The summed E-state index contributed by atoms with van der Waals surface area (Å²) in [7, 11) is -2.86. The van der Waals surface area contributed by atoms with Gasteiger partial charge in [0.25, 0.3) is 0 Å². The van der Waals surface area contributed by atoms with Gasteiger partial charge in [0, 0.05) is 51.2 Å². The van der Waals surface area contributed by atoms with Crippen LogP contribution in [0.5, 0.6) is 0 Å². The third-order valence-corrected chi connectivity index (χ3v) is 17.0. The maximum Gasteiger partial charge on any atom is 0.179 e. The van der Waals surface area contributed by atoms with Gasteiger partial charge in [0.15, 0.2) is 8.07 Å². The van der Waals surface area contributed by atoms with Crippen molar-refractivity contribution in [1.29, 1.82) is 5.26 Å². The fourth-order valence-electron chi connectivity index (χ4n) is 9.18. The standard InChI is InChI=1S/C61H46N4Si/c62-47-48-31-43-60(44-32-48)66(58-27-15-5-16-28-58,59-29-17-6-18-30-59)61-45-41-57(42-46-61)65(55-37-33-53(34-38-55)63(49-19-7-1-8-20-49)50-21-9-2-10-22-50)56-39-35-54(36-40-56)64(51-23-11-3-12-24-51)52-25-13-4-14-26-52/h1-46H. The zero-order valence-electron chi connectivity index (χ0n) is 36.3. The number of nitriles is 1. The van der Waals surface area contributed by atoms with Crippen molar-refractivity contribution in [3.8, 4) is 6.07 Å². The zero-order chi connectivity index (χ0) is 44.5. The molecule has 0 amide bonds. The van der Waals surface area contributed by atoms with Gasteiger partial charge in [0.05, 0.1) is 11.6 Å². The van der Waals surface area contributed by atoms with Crippen molar-refractivity contribution >= 4 is 80.0 Å². The highest BCUT2D eigenvalue weighted by molar-refractivity contribution is 7.19. The van der Waals surface area contributed by atoms with Gasteiger partial charge in [0.2, 0.25) is 0 Å². The van der Waals surface area contributed by atoms with Gasteiger partial charge in [-0.3, -0.25) is 0 Å². The van der Waals surface area contributed by atoms with Crippen LogP contribution in [0, 0.1) is 11.3 Å². The van der Waals surface area contributed by atoms with Gasteiger partial charge in [0.1, 0.15) is 0 Å². The van der Waals surface area contributed by atoms with Crippen LogP contribution in [0.25, 0.3) is 0 Å². The molecule has 0 saturated heterocycles. The largest absolute Gasteiger partial charge is 0.311 e. The second-order valence-electron chi connectivity index (χ2n) is 16.1. The van der Waals surface area contributed by atoms with Gasteiger partial charge in [-0.1, -0.05) is 158 Å². The second kappa shape index (κ2) is 19.0. The van der Waals surface area contributed by atoms with Gasteiger partial charge < -0.3 is 14.7 Å². The van der Waals surface area contributed by atoms with Crippen molar-refractivity contribution in [1.82, 2.24) is 0 Å². The van der Waals surface area contributed by atoms with Gasteiger partial charge in [-0.15, -0.1) is 0 Å². The first-order valence-electron chi connectivity index (χ1n) is 22.2. The zero-order valence-corrected chi connectivity index (χ0v) is 37.3. The van der Waals surface area contributed by atoms with Crippen molar-refractivity contribution in [2.75, 3.05) is 14.7 Å². The first-order valence-corrected chi connectivity index (χ1v) is 24.2. The van der Waals surface area contributed by atoms with E-state index in [1.54, 1.807) is 0 Å². The number of anilines is 9. The first-order chi connectivity index (χ1) is 32.7. The Labute approximate surface area is 388 Å². The molecule has 0 aliphatic rings. The lowest BCUT2D eigenvalue weighted by Crippen LogP contribution is -2.74. The minimum absolute atomic E-state index is 0.650. The molecule has 5 heteroatoms. The molecule has 0 aliphatic carbocycles. The van der Waals surface area contributed by atoms with Crippen LogP contribution in [-0.2, 0) is 0 Å². The van der Waals surface area contributed by atoms with Crippen molar-refractivity contribution in [2.45, 2.75) is 0 Å². The molecule has 0 fully saturated rings. The third-order valence-electron chi connectivity index (χ3n) is 12.2. The molecule has 66 heavy (non-hydrogen) atoms. The van der Waals surface area contributed by atoms with Gasteiger partial charge in [-0.25, -0.2) is 0 Å². The molecular formula is C61H46N4Si. The predicted octanol–water partition coefficient (Wildman–Crippen LogP) is 13.3. The summed E-state index contributed by atoms with van der Waals surface area (Å²) in [6.07, 6.45) is 0. The Kier molecular flexibility index (Phi) is 11.9. The molecule has 0 N–H and O–H groups in total. The molecule has 0 atom stereocenters. The smallest absolute Gasteiger partial charge is 0.179 e. The minimum atomic E-state index is -2.86. The molecule has 10 rings (SSSR count). The molecular weight excluding hydrogens is 817 g/mol. The molecule has 10 aromatic carbocycles. The summed E-state index contributed by atoms with van der Waals surface area (Å²) in [6.45, 7) is 0. The SMILES string of the molecule is N#Cc1ccc([Si](c2ccccc2)(c2ccccc2)c2ccc(N(c3ccc(N(c4ccccc4)c4ccccc4)cc3)c3ccc(N(c4ccccc4)c4ccccc4)cc3)cc2)cc1. The molecule has 4 nitrogen and oxygen atoms in total. The summed E-state index contributed by atoms with van der Waals surface area (Å²) in [5.74, 6) is 0. The van der Waals surface area contributed by atoms with Crippen molar-refractivity contribution < 1.29 is 0 Å². The average Bonchev–Trinajstić information content (AvgIpc) is 3.40. The Morgan fingerprint density at radius 1 is 0.227 bits per heavy atom. The maximum absolute atomic E-state index is 9.80. The molecule has 314 valence electrons. The molecule has 0 unspecified atom stereocenters. The fraction of sp³-hybridized carbons (Fsp3) is 0. The van der Waals surface area contributed by atoms with Crippen LogP contribution in [0.4, 0.5) is 51.2 Å². The summed E-state index contributed by atoms with van der Waals surface area (Å²) in [4.78, 5) is 6.93. The molecule has 0 heterocycles. The van der Waals surface area contributed by atoms with E-state index in [2.05, 4.69) is 288 Å². The highest BCUT2D eigenvalue weighted by Crippen LogP contribution is 2.41. The first kappa shape index (κ1) is 41.3. The molecule has 0 aliphatic heterocycles. The molecule has 0 spiro atoms. The molecule has 10 aromatic rings. The molecule has 0 radical (unpaired) electrons. The lowest BCUT2D eigenvalue weighted by Gasteiger charge is -2.35. The molecule has 0 aromatic heterocycles. The Hall–Kier alpha value is -8.69. The van der Waals surface area contributed by atoms with E-state index >= 15 is 0 Å².